The number of benzene rings is 4. The first-order chi connectivity index (χ1) is 16.1. The van der Waals surface area contributed by atoms with Gasteiger partial charge >= 0.3 is 0 Å². The maximum atomic E-state index is 14.2. The highest BCUT2D eigenvalue weighted by atomic mass is 19.1. The van der Waals surface area contributed by atoms with E-state index >= 15 is 0 Å². The van der Waals surface area contributed by atoms with E-state index < -0.39 is 5.91 Å². The summed E-state index contributed by atoms with van der Waals surface area (Å²) in [5, 5.41) is 16.8. The van der Waals surface area contributed by atoms with Gasteiger partial charge in [0, 0.05) is 28.2 Å². The van der Waals surface area contributed by atoms with Crippen LogP contribution < -0.4 is 5.43 Å². The fraction of sp³-hybridized carbons (Fsp3) is 0.0370. The first kappa shape index (κ1) is 20.5. The second kappa shape index (κ2) is 8.59. The summed E-state index contributed by atoms with van der Waals surface area (Å²) in [6.07, 6.45) is 3.43. The molecule has 0 saturated heterocycles. The lowest BCUT2D eigenvalue weighted by molar-refractivity contribution is 0.0954. The van der Waals surface area contributed by atoms with Crippen molar-refractivity contribution in [1.29, 1.82) is 0 Å². The topological polar surface area (TPSA) is 66.6 Å². The maximum absolute atomic E-state index is 14.2. The number of carbonyl (C=O) groups is 1. The molecular weight excluding hydrogens is 417 g/mol. The van der Waals surface area contributed by atoms with Crippen LogP contribution in [0.1, 0.15) is 21.5 Å². The summed E-state index contributed by atoms with van der Waals surface area (Å²) in [5.41, 5.74) is 4.99. The van der Waals surface area contributed by atoms with E-state index in [9.17, 15) is 14.3 Å². The SMILES string of the molecule is O=C(N/N=C/c1cn(Cc2ccccc2F)c2ccccc12)c1c(O)ccc2ccccc12. The van der Waals surface area contributed by atoms with Crippen molar-refractivity contribution in [2.45, 2.75) is 6.54 Å². The summed E-state index contributed by atoms with van der Waals surface area (Å²) in [7, 11) is 0. The van der Waals surface area contributed by atoms with Crippen LogP contribution in [0, 0.1) is 5.82 Å². The molecule has 1 amide bonds. The van der Waals surface area contributed by atoms with Gasteiger partial charge < -0.3 is 9.67 Å². The van der Waals surface area contributed by atoms with Gasteiger partial charge in [0.25, 0.3) is 5.91 Å². The van der Waals surface area contributed by atoms with Crippen LogP contribution in [0.3, 0.4) is 0 Å². The summed E-state index contributed by atoms with van der Waals surface area (Å²) >= 11 is 0. The van der Waals surface area contributed by atoms with Crippen LogP contribution in [0.15, 0.2) is 96.2 Å². The molecule has 6 heteroatoms. The van der Waals surface area contributed by atoms with Crippen molar-refractivity contribution < 1.29 is 14.3 Å². The fourth-order valence-corrected chi connectivity index (χ4v) is 4.03. The third-order valence-corrected chi connectivity index (χ3v) is 5.62. The minimum absolute atomic E-state index is 0.108. The van der Waals surface area contributed by atoms with E-state index in [-0.39, 0.29) is 17.1 Å². The van der Waals surface area contributed by atoms with Gasteiger partial charge in [-0.25, -0.2) is 9.82 Å². The number of phenols is 1. The molecule has 5 nitrogen and oxygen atoms in total. The number of amides is 1. The average molecular weight is 437 g/mol. The molecule has 33 heavy (non-hydrogen) atoms. The largest absolute Gasteiger partial charge is 0.507 e. The Morgan fingerprint density at radius 1 is 0.939 bits per heavy atom. The summed E-state index contributed by atoms with van der Waals surface area (Å²) < 4.78 is 16.1. The second-order valence-electron chi connectivity index (χ2n) is 7.70. The van der Waals surface area contributed by atoms with E-state index in [0.717, 1.165) is 21.9 Å². The fourth-order valence-electron chi connectivity index (χ4n) is 4.03. The number of hydrogen-bond acceptors (Lipinski definition) is 3. The third kappa shape index (κ3) is 3.94. The van der Waals surface area contributed by atoms with Crippen molar-refractivity contribution in [3.05, 3.63) is 114 Å². The van der Waals surface area contributed by atoms with Gasteiger partial charge in [0.1, 0.15) is 11.6 Å². The molecule has 162 valence electrons. The smallest absolute Gasteiger partial charge is 0.275 e. The Morgan fingerprint density at radius 2 is 1.67 bits per heavy atom. The normalized spacial score (nSPS) is 11.4. The number of carbonyl (C=O) groups excluding carboxylic acids is 1. The van der Waals surface area contributed by atoms with Crippen molar-refractivity contribution in [1.82, 2.24) is 9.99 Å². The zero-order chi connectivity index (χ0) is 22.8. The van der Waals surface area contributed by atoms with Gasteiger partial charge in [-0.2, -0.15) is 5.10 Å². The lowest BCUT2D eigenvalue weighted by atomic mass is 10.0. The Morgan fingerprint density at radius 3 is 2.52 bits per heavy atom. The Hall–Kier alpha value is -4.45. The van der Waals surface area contributed by atoms with Crippen LogP contribution in [0.4, 0.5) is 4.39 Å². The quantitative estimate of drug-likeness (QED) is 0.284. The molecule has 0 aliphatic carbocycles. The molecule has 0 aliphatic heterocycles. The number of nitrogens with one attached hydrogen (secondary N) is 1. The van der Waals surface area contributed by atoms with Crippen molar-refractivity contribution >= 4 is 33.8 Å². The van der Waals surface area contributed by atoms with E-state index in [1.807, 2.05) is 59.3 Å². The van der Waals surface area contributed by atoms with Crippen LogP contribution in [-0.4, -0.2) is 21.8 Å². The van der Waals surface area contributed by atoms with Crippen molar-refractivity contribution in [2.24, 2.45) is 5.10 Å². The molecule has 2 N–H and O–H groups in total. The Bertz CT molecular complexity index is 1520. The molecule has 0 atom stereocenters. The van der Waals surface area contributed by atoms with E-state index in [1.165, 1.54) is 12.1 Å². The first-order valence-electron chi connectivity index (χ1n) is 10.5. The Kier molecular flexibility index (Phi) is 5.32. The summed E-state index contributed by atoms with van der Waals surface area (Å²) in [6, 6.07) is 25.0. The number of halogens is 1. The van der Waals surface area contributed by atoms with Crippen molar-refractivity contribution in [2.75, 3.05) is 0 Å². The lowest BCUT2D eigenvalue weighted by Gasteiger charge is -2.07. The van der Waals surface area contributed by atoms with Crippen LogP contribution in [-0.2, 0) is 6.54 Å². The minimum Gasteiger partial charge on any atom is -0.507 e. The molecule has 0 spiro atoms. The van der Waals surface area contributed by atoms with Gasteiger partial charge in [-0.1, -0.05) is 66.7 Å². The predicted octanol–water partition coefficient (Wildman–Crippen LogP) is 5.45. The number of rotatable bonds is 5. The molecule has 0 aliphatic rings. The molecular formula is C27H20FN3O2. The highest BCUT2D eigenvalue weighted by molar-refractivity contribution is 6.09. The van der Waals surface area contributed by atoms with E-state index in [0.29, 0.717) is 17.5 Å². The summed E-state index contributed by atoms with van der Waals surface area (Å²) in [6.45, 7) is 0.372. The number of hydrogen-bond donors (Lipinski definition) is 2. The Balaban J connectivity index is 1.43. The third-order valence-electron chi connectivity index (χ3n) is 5.62. The molecule has 5 rings (SSSR count). The number of nitrogens with zero attached hydrogens (tertiary/aromatic N) is 2. The molecule has 0 radical (unpaired) electrons. The number of aromatic nitrogens is 1. The molecule has 0 saturated carbocycles. The zero-order valence-corrected chi connectivity index (χ0v) is 17.6. The highest BCUT2D eigenvalue weighted by Crippen LogP contribution is 2.27. The van der Waals surface area contributed by atoms with Crippen LogP contribution in [0.25, 0.3) is 21.7 Å². The number of para-hydroxylation sites is 1. The van der Waals surface area contributed by atoms with Crippen molar-refractivity contribution in [3.8, 4) is 5.75 Å². The monoisotopic (exact) mass is 437 g/mol. The van der Waals surface area contributed by atoms with Gasteiger partial charge in [-0.15, -0.1) is 0 Å². The zero-order valence-electron chi connectivity index (χ0n) is 17.6. The number of hydrazone groups is 1. The van der Waals surface area contributed by atoms with Gasteiger partial charge in [0.05, 0.1) is 18.3 Å². The molecule has 0 unspecified atom stereocenters. The van der Waals surface area contributed by atoms with E-state index in [4.69, 9.17) is 0 Å². The molecule has 5 aromatic rings. The van der Waals surface area contributed by atoms with Crippen LogP contribution >= 0.6 is 0 Å². The molecule has 1 heterocycles. The second-order valence-corrected chi connectivity index (χ2v) is 7.70. The van der Waals surface area contributed by atoms with E-state index in [1.54, 1.807) is 30.5 Å². The Labute approximate surface area is 189 Å². The number of phenolic OH excluding ortho intramolecular Hbond substituents is 1. The van der Waals surface area contributed by atoms with Gasteiger partial charge in [0.2, 0.25) is 0 Å². The van der Waals surface area contributed by atoms with E-state index in [2.05, 4.69) is 10.5 Å². The molecule has 1 aromatic heterocycles. The molecule has 4 aromatic carbocycles. The van der Waals surface area contributed by atoms with Gasteiger partial charge in [0.15, 0.2) is 0 Å². The summed E-state index contributed by atoms with van der Waals surface area (Å²) in [5.74, 6) is -0.869. The maximum Gasteiger partial charge on any atom is 0.275 e. The van der Waals surface area contributed by atoms with Crippen LogP contribution in [0.5, 0.6) is 5.75 Å². The predicted molar refractivity (Wildman–Crippen MR) is 128 cm³/mol. The van der Waals surface area contributed by atoms with Gasteiger partial charge in [-0.3, -0.25) is 4.79 Å². The first-order valence-corrected chi connectivity index (χ1v) is 10.5. The number of aromatic hydroxyl groups is 1. The lowest BCUT2D eigenvalue weighted by Crippen LogP contribution is -2.18. The highest BCUT2D eigenvalue weighted by Gasteiger charge is 2.15. The van der Waals surface area contributed by atoms with Gasteiger partial charge in [-0.05, 0) is 29.0 Å². The standard InChI is InChI=1S/C27H20FN3O2/c28-23-11-5-2-8-19(23)16-31-17-20(21-9-4-6-12-24(21)31)15-29-30-27(33)26-22-10-3-1-7-18(22)13-14-25(26)32/h1-15,17,32H,16H2,(H,30,33)/b29-15+. The van der Waals surface area contributed by atoms with Crippen molar-refractivity contribution in [3.63, 3.8) is 0 Å². The molecule has 0 fully saturated rings. The average Bonchev–Trinajstić information content (AvgIpc) is 3.18. The summed E-state index contributed by atoms with van der Waals surface area (Å²) in [4.78, 5) is 12.8. The number of fused-ring (bicyclic) bond motifs is 2. The van der Waals surface area contributed by atoms with Crippen LogP contribution in [0.2, 0.25) is 0 Å². The minimum atomic E-state index is -0.504. The molecule has 0 bridgehead atoms.